The van der Waals surface area contributed by atoms with E-state index in [9.17, 15) is 19.2 Å². The number of hydrogen-bond acceptors (Lipinski definition) is 7. The average molecular weight is 640 g/mol. The number of nitrogens with zero attached hydrogens (tertiary/aromatic N) is 1. The second-order valence-electron chi connectivity index (χ2n) is 7.39. The van der Waals surface area contributed by atoms with Crippen molar-refractivity contribution in [1.82, 2.24) is 4.90 Å². The van der Waals surface area contributed by atoms with Crippen molar-refractivity contribution in [1.29, 1.82) is 0 Å². The molecule has 184 valence electrons. The van der Waals surface area contributed by atoms with E-state index in [-0.39, 0.29) is 26.1 Å². The van der Waals surface area contributed by atoms with Crippen molar-refractivity contribution in [3.8, 4) is 0 Å². The minimum atomic E-state index is 0.0717. The maximum Gasteiger partial charge on any atom is 0.159 e. The molecule has 0 fully saturated rings. The Morgan fingerprint density at radius 1 is 0.771 bits per heavy atom. The van der Waals surface area contributed by atoms with Crippen molar-refractivity contribution < 1.29 is 19.2 Å². The van der Waals surface area contributed by atoms with Crippen LogP contribution in [0.25, 0.3) is 0 Å². The molecular formula is C26H27NO4S2Se2. The van der Waals surface area contributed by atoms with E-state index in [1.807, 2.05) is 71.1 Å². The Balaban J connectivity index is 0.000000200. The van der Waals surface area contributed by atoms with Crippen molar-refractivity contribution in [2.24, 2.45) is 0 Å². The van der Waals surface area contributed by atoms with Gasteiger partial charge in [0.2, 0.25) is 0 Å². The van der Waals surface area contributed by atoms with Crippen molar-refractivity contribution in [2.45, 2.75) is 19.3 Å². The normalized spacial score (nSPS) is 10.0. The maximum atomic E-state index is 11.7. The Morgan fingerprint density at radius 2 is 1.34 bits per heavy atom. The van der Waals surface area contributed by atoms with E-state index in [0.29, 0.717) is 39.5 Å². The number of ketones is 3. The zero-order valence-corrected chi connectivity index (χ0v) is 24.6. The number of aldehydes is 1. The molecule has 0 N–H and O–H groups in total. The Hall–Kier alpha value is -1.96. The molecule has 5 nitrogen and oxygen atoms in total. The third kappa shape index (κ3) is 11.5. The SMILES string of the molecule is CN(C)CCC(=O)c1ccc[se]1.O=C(CCC(=O)c1ccc[se]1)c1cccs1.O=Cc1cccs1. The van der Waals surface area contributed by atoms with Crippen molar-refractivity contribution in [3.05, 3.63) is 87.8 Å². The quantitative estimate of drug-likeness (QED) is 0.137. The molecule has 0 aliphatic rings. The predicted molar refractivity (Wildman–Crippen MR) is 146 cm³/mol. The molecule has 4 rings (SSSR count). The zero-order chi connectivity index (χ0) is 25.5. The summed E-state index contributed by atoms with van der Waals surface area (Å²) in [4.78, 5) is 52.3. The van der Waals surface area contributed by atoms with Gasteiger partial charge in [0.25, 0.3) is 0 Å². The molecule has 0 bridgehead atoms. The van der Waals surface area contributed by atoms with Gasteiger partial charge in [-0.15, -0.1) is 11.3 Å². The Morgan fingerprint density at radius 3 is 1.77 bits per heavy atom. The third-order valence-corrected chi connectivity index (χ3v) is 9.94. The van der Waals surface area contributed by atoms with Crippen molar-refractivity contribution in [3.63, 3.8) is 0 Å². The van der Waals surface area contributed by atoms with E-state index in [2.05, 4.69) is 4.94 Å². The molecule has 0 aromatic carbocycles. The minimum Gasteiger partial charge on any atom is -0.297 e. The van der Waals surface area contributed by atoms with Crippen LogP contribution in [0, 0.1) is 0 Å². The minimum absolute atomic E-state index is 0.0717. The van der Waals surface area contributed by atoms with Crippen LogP contribution in [0.1, 0.15) is 57.1 Å². The molecular weight excluding hydrogens is 612 g/mol. The fourth-order valence-electron chi connectivity index (χ4n) is 2.59. The first-order valence-corrected chi connectivity index (χ1v) is 16.2. The number of carbonyl (C=O) groups is 4. The van der Waals surface area contributed by atoms with E-state index in [1.165, 1.54) is 22.7 Å². The Labute approximate surface area is 225 Å². The summed E-state index contributed by atoms with van der Waals surface area (Å²) in [6.07, 6.45) is 2.17. The summed E-state index contributed by atoms with van der Waals surface area (Å²) in [5.74, 6) is 0.506. The van der Waals surface area contributed by atoms with Gasteiger partial charge in [-0.1, -0.05) is 6.07 Å². The molecule has 0 unspecified atom stereocenters. The van der Waals surface area contributed by atoms with Gasteiger partial charge in [-0.2, -0.15) is 0 Å². The molecule has 0 aliphatic heterocycles. The summed E-state index contributed by atoms with van der Waals surface area (Å²) < 4.78 is 1.90. The summed E-state index contributed by atoms with van der Waals surface area (Å²) in [5.41, 5.74) is 0. The number of Topliss-reactive ketones (excluding diaryl/α,β-unsaturated/α-hetero) is 3. The monoisotopic (exact) mass is 641 g/mol. The Bertz CT molecular complexity index is 1090. The van der Waals surface area contributed by atoms with Crippen LogP contribution < -0.4 is 0 Å². The van der Waals surface area contributed by atoms with E-state index in [1.54, 1.807) is 12.1 Å². The van der Waals surface area contributed by atoms with Crippen LogP contribution in [0.2, 0.25) is 0 Å². The number of rotatable bonds is 10. The molecule has 0 saturated heterocycles. The number of thiophene rings is 2. The second-order valence-corrected chi connectivity index (χ2v) is 13.3. The van der Waals surface area contributed by atoms with Crippen LogP contribution in [0.3, 0.4) is 0 Å². The standard InChI is InChI=1S/C12H10O2SSe.C9H13NOSe.C5H4OS/c13-9(11-3-1-7-15-11)5-6-10(14)12-4-2-8-16-12;1-10(2)6-5-8(11)9-4-3-7-12-9;6-4-5-2-1-3-7-5/h1-4,7-8H,5-6H2;3-4,7H,5-6H2,1-2H3;1-4H. The topological polar surface area (TPSA) is 71.5 Å². The molecule has 0 amide bonds. The van der Waals surface area contributed by atoms with Crippen LogP contribution >= 0.6 is 22.7 Å². The summed E-state index contributed by atoms with van der Waals surface area (Å²) >= 11 is 3.38. The van der Waals surface area contributed by atoms with Crippen LogP contribution in [-0.4, -0.2) is 78.2 Å². The Kier molecular flexibility index (Phi) is 13.9. The van der Waals surface area contributed by atoms with Gasteiger partial charge in [0.15, 0.2) is 6.29 Å². The molecule has 0 saturated carbocycles. The molecule has 9 heteroatoms. The van der Waals surface area contributed by atoms with E-state index in [0.717, 1.165) is 31.5 Å². The van der Waals surface area contributed by atoms with Gasteiger partial charge in [-0.25, -0.2) is 0 Å². The van der Waals surface area contributed by atoms with Gasteiger partial charge >= 0.3 is 182 Å². The van der Waals surface area contributed by atoms with Gasteiger partial charge in [0.1, 0.15) is 0 Å². The predicted octanol–water partition coefficient (Wildman–Crippen LogP) is 5.09. The fraction of sp³-hybridized carbons (Fsp3) is 0.231. The average Bonchev–Trinajstić information content (AvgIpc) is 3.69. The number of carbonyl (C=O) groups excluding carboxylic acids is 4. The summed E-state index contributed by atoms with van der Waals surface area (Å²) in [7, 11) is 3.97. The summed E-state index contributed by atoms with van der Waals surface area (Å²) in [5, 5.41) is 3.76. The first kappa shape index (κ1) is 29.3. The van der Waals surface area contributed by atoms with E-state index in [4.69, 9.17) is 0 Å². The molecule has 4 aromatic rings. The first-order chi connectivity index (χ1) is 16.9. The van der Waals surface area contributed by atoms with E-state index >= 15 is 0 Å². The van der Waals surface area contributed by atoms with Crippen molar-refractivity contribution >= 4 is 75.3 Å². The van der Waals surface area contributed by atoms with Gasteiger partial charge in [0.05, 0.1) is 4.88 Å². The molecule has 0 spiro atoms. The molecule has 0 aliphatic carbocycles. The molecule has 0 atom stereocenters. The largest absolute Gasteiger partial charge is 0.297 e. The summed E-state index contributed by atoms with van der Waals surface area (Å²) in [6.45, 7) is 0.853. The molecule has 35 heavy (non-hydrogen) atoms. The van der Waals surface area contributed by atoms with Crippen molar-refractivity contribution in [2.75, 3.05) is 20.6 Å². The zero-order valence-electron chi connectivity index (χ0n) is 19.5. The first-order valence-electron chi connectivity index (χ1n) is 10.7. The fourth-order valence-corrected chi connectivity index (χ4v) is 6.73. The van der Waals surface area contributed by atoms with Gasteiger partial charge in [-0.3, -0.25) is 4.79 Å². The smallest absolute Gasteiger partial charge is 0.159 e. The van der Waals surface area contributed by atoms with Gasteiger partial charge in [0, 0.05) is 0 Å². The van der Waals surface area contributed by atoms with Crippen LogP contribution in [0.15, 0.2) is 69.2 Å². The third-order valence-electron chi connectivity index (χ3n) is 4.41. The van der Waals surface area contributed by atoms with Gasteiger partial charge < -0.3 is 0 Å². The second kappa shape index (κ2) is 16.7. The molecule has 4 aromatic heterocycles. The van der Waals surface area contributed by atoms with E-state index < -0.39 is 0 Å². The van der Waals surface area contributed by atoms with Crippen LogP contribution in [0.5, 0.6) is 0 Å². The molecule has 0 radical (unpaired) electrons. The van der Waals surface area contributed by atoms with Crippen LogP contribution in [0.4, 0.5) is 0 Å². The van der Waals surface area contributed by atoms with Gasteiger partial charge in [-0.05, 0) is 11.4 Å². The number of hydrogen-bond donors (Lipinski definition) is 0. The summed E-state index contributed by atoms with van der Waals surface area (Å²) in [6, 6.07) is 15.0. The van der Waals surface area contributed by atoms with Crippen LogP contribution in [-0.2, 0) is 0 Å². The maximum absolute atomic E-state index is 11.7. The molecule has 4 heterocycles.